The summed E-state index contributed by atoms with van der Waals surface area (Å²) in [6.07, 6.45) is 3.05. The highest BCUT2D eigenvalue weighted by Gasteiger charge is 2.41. The maximum atomic E-state index is 14.0. The Labute approximate surface area is 352 Å². The molecular weight excluding hydrogens is 799 g/mol. The number of nitrogens with one attached hydrogen (secondary N) is 4. The summed E-state index contributed by atoms with van der Waals surface area (Å²) < 4.78 is 15.1. The number of likely N-dealkylation sites (tertiary alicyclic amines) is 2. The average Bonchev–Trinajstić information content (AvgIpc) is 4.08. The molecule has 2 aromatic carbocycles. The summed E-state index contributed by atoms with van der Waals surface area (Å²) in [7, 11) is 2.56. The van der Waals surface area contributed by atoms with E-state index in [9.17, 15) is 19.2 Å². The number of imidazole rings is 2. The highest BCUT2D eigenvalue weighted by Crippen LogP contribution is 2.38. The molecule has 0 radical (unpaired) electrons. The van der Waals surface area contributed by atoms with E-state index in [1.807, 2.05) is 62.4 Å². The van der Waals surface area contributed by atoms with Crippen LogP contribution >= 0.6 is 23.2 Å². The summed E-state index contributed by atoms with van der Waals surface area (Å²) in [4.78, 5) is 71.5. The van der Waals surface area contributed by atoms with Gasteiger partial charge in [0.15, 0.2) is 10.3 Å². The number of carbonyl (C=O) groups is 4. The molecule has 2 aromatic heterocycles. The maximum Gasteiger partial charge on any atom is 0.407 e. The van der Waals surface area contributed by atoms with Gasteiger partial charge in [-0.15, -0.1) is 0 Å². The largest absolute Gasteiger partial charge is 0.453 e. The number of aromatic nitrogens is 4. The van der Waals surface area contributed by atoms with Crippen LogP contribution in [0.1, 0.15) is 76.1 Å². The molecule has 0 saturated carbocycles. The lowest BCUT2D eigenvalue weighted by Crippen LogP contribution is -2.53. The van der Waals surface area contributed by atoms with Crippen LogP contribution in [-0.4, -0.2) is 106 Å². The summed E-state index contributed by atoms with van der Waals surface area (Å²) in [5.41, 5.74) is 4.96. The molecule has 0 bridgehead atoms. The van der Waals surface area contributed by atoms with Gasteiger partial charge in [-0.2, -0.15) is 0 Å². The van der Waals surface area contributed by atoms with Crippen LogP contribution in [0, 0.1) is 11.8 Å². The number of ether oxygens (including phenoxy) is 3. The maximum absolute atomic E-state index is 14.0. The van der Waals surface area contributed by atoms with Crippen molar-refractivity contribution in [2.75, 3.05) is 40.5 Å². The predicted octanol–water partition coefficient (Wildman–Crippen LogP) is 7.30. The lowest BCUT2D eigenvalue weighted by Gasteiger charge is -2.34. The van der Waals surface area contributed by atoms with Gasteiger partial charge in [-0.25, -0.2) is 19.6 Å². The van der Waals surface area contributed by atoms with Crippen molar-refractivity contribution in [3.05, 3.63) is 70.5 Å². The number of amides is 4. The molecule has 314 valence electrons. The summed E-state index contributed by atoms with van der Waals surface area (Å²) in [5.74, 6) is 0.638. The fourth-order valence-electron chi connectivity index (χ4n) is 8.40. The zero-order chi connectivity index (χ0) is 41.8. The Morgan fingerprint density at radius 2 is 1.14 bits per heavy atom. The number of aromatic amines is 2. The molecule has 3 fully saturated rings. The number of hydrogen-bond donors (Lipinski definition) is 4. The molecular formula is C42H50Cl2N8O7. The fraction of sp³-hybridized carbons (Fsp3) is 0.476. The van der Waals surface area contributed by atoms with Crippen molar-refractivity contribution in [2.45, 2.75) is 76.5 Å². The van der Waals surface area contributed by atoms with E-state index in [1.54, 1.807) is 9.80 Å². The van der Waals surface area contributed by atoms with E-state index in [0.717, 1.165) is 35.1 Å². The molecule has 5 heterocycles. The van der Waals surface area contributed by atoms with Gasteiger partial charge in [0.2, 0.25) is 11.8 Å². The molecule has 4 atom stereocenters. The second kappa shape index (κ2) is 18.4. The molecule has 3 aliphatic heterocycles. The van der Waals surface area contributed by atoms with Crippen molar-refractivity contribution in [3.63, 3.8) is 0 Å². The molecule has 17 heteroatoms. The van der Waals surface area contributed by atoms with Crippen molar-refractivity contribution in [2.24, 2.45) is 11.8 Å². The Morgan fingerprint density at radius 3 is 1.59 bits per heavy atom. The number of nitrogens with zero attached hydrogens (tertiary/aromatic N) is 4. The minimum absolute atomic E-state index is 0.0623. The lowest BCUT2D eigenvalue weighted by atomic mass is 9.90. The number of carbonyl (C=O) groups excluding carboxylic acids is 4. The third kappa shape index (κ3) is 9.07. The fourth-order valence-corrected chi connectivity index (χ4v) is 8.89. The molecule has 0 aliphatic carbocycles. The molecule has 3 saturated heterocycles. The molecule has 7 rings (SSSR count). The Hall–Kier alpha value is -5.12. The van der Waals surface area contributed by atoms with Crippen molar-refractivity contribution in [1.82, 2.24) is 40.4 Å². The van der Waals surface area contributed by atoms with Gasteiger partial charge in [-0.05, 0) is 61.5 Å². The Morgan fingerprint density at radius 1 is 0.695 bits per heavy atom. The second-order valence-electron chi connectivity index (χ2n) is 15.5. The molecule has 4 amide bonds. The SMILES string of the molecule is COC(=O)N[C@H](C(=O)N1CCC[C@H]1c1nc(Cl)c(-c2ccc(-c3ccc(-c4[nH]c([C@@H]5CCCN5C(=O)[C@@H](NC(=O)OC)C5CCOCC5)nc4Cl)cc3)cc2)[nH]1)C(C)C. The van der Waals surface area contributed by atoms with Gasteiger partial charge in [0.1, 0.15) is 23.7 Å². The number of alkyl carbamates (subject to hydrolysis) is 2. The van der Waals surface area contributed by atoms with E-state index in [4.69, 9.17) is 37.4 Å². The Bertz CT molecular complexity index is 2130. The van der Waals surface area contributed by atoms with Crippen LogP contribution in [0.5, 0.6) is 0 Å². The van der Waals surface area contributed by atoms with Gasteiger partial charge in [0.05, 0.1) is 37.7 Å². The normalized spacial score (nSPS) is 19.4. The molecule has 0 unspecified atom stereocenters. The second-order valence-corrected chi connectivity index (χ2v) is 16.2. The molecule has 4 N–H and O–H groups in total. The molecule has 4 aromatic rings. The quantitative estimate of drug-likeness (QED) is 0.120. The van der Waals surface area contributed by atoms with Crippen LogP contribution in [0.4, 0.5) is 9.59 Å². The number of rotatable bonds is 11. The predicted molar refractivity (Wildman–Crippen MR) is 221 cm³/mol. The van der Waals surface area contributed by atoms with Crippen LogP contribution in [0.3, 0.4) is 0 Å². The number of halogens is 2. The van der Waals surface area contributed by atoms with E-state index in [2.05, 4.69) is 30.6 Å². The first-order valence-corrected chi connectivity index (χ1v) is 20.8. The average molecular weight is 850 g/mol. The van der Waals surface area contributed by atoms with Gasteiger partial charge in [-0.1, -0.05) is 85.6 Å². The zero-order valence-corrected chi connectivity index (χ0v) is 35.1. The Kier molecular flexibility index (Phi) is 13.1. The van der Waals surface area contributed by atoms with Crippen molar-refractivity contribution >= 4 is 47.2 Å². The van der Waals surface area contributed by atoms with Gasteiger partial charge < -0.3 is 44.6 Å². The minimum atomic E-state index is -0.733. The minimum Gasteiger partial charge on any atom is -0.453 e. The number of methoxy groups -OCH3 is 2. The first kappa shape index (κ1) is 42.0. The first-order valence-electron chi connectivity index (χ1n) is 20.1. The summed E-state index contributed by atoms with van der Waals surface area (Å²) in [5, 5.41) is 6.08. The highest BCUT2D eigenvalue weighted by atomic mass is 35.5. The van der Waals surface area contributed by atoms with Crippen LogP contribution in [0.2, 0.25) is 10.3 Å². The zero-order valence-electron chi connectivity index (χ0n) is 33.6. The summed E-state index contributed by atoms with van der Waals surface area (Å²) >= 11 is 13.4. The standard InChI is InChI=1S/C42H50Cl2N8O7/c1-23(2)31(47-41(55)57-3)39(53)51-19-5-7-29(51)37-45-32(35(43)49-37)26-13-9-24(10-14-26)25-11-15-27(16-12-25)33-36(44)50-38(46-33)30-8-6-20-52(30)40(54)34(48-42(56)58-4)28-17-21-59-22-18-28/h9-16,23,28-31,34H,5-8,17-22H2,1-4H3,(H,45,49)(H,46,50)(H,47,55)(H,48,56)/t29-,30-,31-,34-/m0/s1. The first-order chi connectivity index (χ1) is 28.5. The van der Waals surface area contributed by atoms with E-state index < -0.39 is 24.3 Å². The van der Waals surface area contributed by atoms with Gasteiger partial charge in [-0.3, -0.25) is 9.59 Å². The van der Waals surface area contributed by atoms with Crippen molar-refractivity contribution in [1.29, 1.82) is 0 Å². The van der Waals surface area contributed by atoms with E-state index in [1.165, 1.54) is 14.2 Å². The molecule has 59 heavy (non-hydrogen) atoms. The van der Waals surface area contributed by atoms with E-state index in [0.29, 0.717) is 85.3 Å². The lowest BCUT2D eigenvalue weighted by molar-refractivity contribution is -0.137. The van der Waals surface area contributed by atoms with Gasteiger partial charge >= 0.3 is 12.2 Å². The Balaban J connectivity index is 1.03. The van der Waals surface area contributed by atoms with Crippen LogP contribution < -0.4 is 10.6 Å². The monoisotopic (exact) mass is 848 g/mol. The van der Waals surface area contributed by atoms with Gasteiger partial charge in [0.25, 0.3) is 0 Å². The number of H-pyrrole nitrogens is 2. The number of hydrogen-bond acceptors (Lipinski definition) is 9. The van der Waals surface area contributed by atoms with Crippen LogP contribution in [0.15, 0.2) is 48.5 Å². The van der Waals surface area contributed by atoms with E-state index in [-0.39, 0.29) is 35.7 Å². The summed E-state index contributed by atoms with van der Waals surface area (Å²) in [6.45, 7) is 5.91. The smallest absolute Gasteiger partial charge is 0.407 e. The summed E-state index contributed by atoms with van der Waals surface area (Å²) in [6, 6.07) is 13.8. The third-order valence-corrected chi connectivity index (χ3v) is 12.1. The van der Waals surface area contributed by atoms with E-state index >= 15 is 0 Å². The highest BCUT2D eigenvalue weighted by molar-refractivity contribution is 6.32. The number of benzene rings is 2. The van der Waals surface area contributed by atoms with Crippen LogP contribution in [-0.2, 0) is 23.8 Å². The van der Waals surface area contributed by atoms with Crippen molar-refractivity contribution in [3.8, 4) is 33.6 Å². The molecule has 15 nitrogen and oxygen atoms in total. The molecule has 0 spiro atoms. The van der Waals surface area contributed by atoms with Gasteiger partial charge in [0, 0.05) is 37.4 Å². The third-order valence-electron chi connectivity index (χ3n) is 11.6. The molecule has 3 aliphatic rings. The van der Waals surface area contributed by atoms with Crippen LogP contribution in [0.25, 0.3) is 33.6 Å². The topological polar surface area (TPSA) is 184 Å². The van der Waals surface area contributed by atoms with Crippen molar-refractivity contribution < 1.29 is 33.4 Å².